The Balaban J connectivity index is 3.21. The molecule has 3 nitrogen and oxygen atoms in total. The summed E-state index contributed by atoms with van der Waals surface area (Å²) in [5.74, 6) is 0. The first-order chi connectivity index (χ1) is 5.06. The molecule has 0 aliphatic rings. The maximum Gasteiger partial charge on any atom is 0.0257 e. The van der Waals surface area contributed by atoms with Gasteiger partial charge in [-0.05, 0) is 23.8 Å². The molecule has 64 valence electrons. The van der Waals surface area contributed by atoms with Gasteiger partial charge < -0.3 is 0 Å². The normalized spacial score (nSPS) is 10.8. The van der Waals surface area contributed by atoms with Gasteiger partial charge in [-0.15, -0.1) is 0 Å². The summed E-state index contributed by atoms with van der Waals surface area (Å²) in [6.07, 6.45) is 3.37. The van der Waals surface area contributed by atoms with Crippen molar-refractivity contribution in [2.75, 3.05) is 6.54 Å². The van der Waals surface area contributed by atoms with Crippen molar-refractivity contribution in [1.82, 2.24) is 0 Å². The summed E-state index contributed by atoms with van der Waals surface area (Å²) < 4.78 is 0. The van der Waals surface area contributed by atoms with Crippen LogP contribution in [0.15, 0.2) is 5.11 Å². The molecule has 0 fully saturated rings. The molecule has 0 heterocycles. The molecule has 0 N–H and O–H groups in total. The van der Waals surface area contributed by atoms with E-state index in [4.69, 9.17) is 5.53 Å². The summed E-state index contributed by atoms with van der Waals surface area (Å²) >= 11 is 0. The summed E-state index contributed by atoms with van der Waals surface area (Å²) in [6.45, 7) is 7.31. The Hall–Kier alpha value is -0.690. The lowest BCUT2D eigenvalue weighted by Crippen LogP contribution is -2.04. The van der Waals surface area contributed by atoms with Crippen molar-refractivity contribution in [1.29, 1.82) is 0 Å². The number of hydrogen-bond donors (Lipinski definition) is 0. The van der Waals surface area contributed by atoms with Crippen LogP contribution in [0.1, 0.15) is 40.0 Å². The van der Waals surface area contributed by atoms with Gasteiger partial charge in [-0.2, -0.15) is 0 Å². The largest absolute Gasteiger partial charge is 0.0940 e. The summed E-state index contributed by atoms with van der Waals surface area (Å²) in [5.41, 5.74) is 8.40. The Morgan fingerprint density at radius 2 is 1.91 bits per heavy atom. The van der Waals surface area contributed by atoms with E-state index in [9.17, 15) is 0 Å². The standard InChI is InChI=1S/C8H17N3/c1-8(2,3)6-4-5-7-10-11-9/h4-7H2,1-3H3. The molecule has 0 spiro atoms. The highest BCUT2D eigenvalue weighted by Gasteiger charge is 2.08. The van der Waals surface area contributed by atoms with Gasteiger partial charge in [-0.25, -0.2) is 0 Å². The van der Waals surface area contributed by atoms with E-state index < -0.39 is 0 Å². The van der Waals surface area contributed by atoms with E-state index in [2.05, 4.69) is 30.8 Å². The molecule has 0 bridgehead atoms. The molecule has 0 aromatic carbocycles. The average molecular weight is 155 g/mol. The van der Waals surface area contributed by atoms with Gasteiger partial charge in [0.1, 0.15) is 0 Å². The summed E-state index contributed by atoms with van der Waals surface area (Å²) in [4.78, 5) is 2.69. The summed E-state index contributed by atoms with van der Waals surface area (Å²) in [5, 5.41) is 3.47. The van der Waals surface area contributed by atoms with Gasteiger partial charge in [-0.3, -0.25) is 0 Å². The first kappa shape index (κ1) is 10.3. The summed E-state index contributed by atoms with van der Waals surface area (Å²) in [6, 6.07) is 0. The van der Waals surface area contributed by atoms with Gasteiger partial charge in [0.15, 0.2) is 0 Å². The van der Waals surface area contributed by atoms with Crippen LogP contribution < -0.4 is 0 Å². The third kappa shape index (κ3) is 9.31. The van der Waals surface area contributed by atoms with E-state index in [1.165, 1.54) is 6.42 Å². The first-order valence-corrected chi connectivity index (χ1v) is 4.07. The maximum absolute atomic E-state index is 7.98. The van der Waals surface area contributed by atoms with Gasteiger partial charge in [0.05, 0.1) is 0 Å². The lowest BCUT2D eigenvalue weighted by Gasteiger charge is -2.16. The van der Waals surface area contributed by atoms with E-state index in [1.54, 1.807) is 0 Å². The summed E-state index contributed by atoms with van der Waals surface area (Å²) in [7, 11) is 0. The maximum atomic E-state index is 7.98. The lowest BCUT2D eigenvalue weighted by molar-refractivity contribution is 0.361. The van der Waals surface area contributed by atoms with Crippen molar-refractivity contribution in [3.63, 3.8) is 0 Å². The Kier molecular flexibility index (Phi) is 4.71. The van der Waals surface area contributed by atoms with E-state index >= 15 is 0 Å². The number of azide groups is 1. The van der Waals surface area contributed by atoms with Gasteiger partial charge in [0, 0.05) is 11.5 Å². The minimum Gasteiger partial charge on any atom is -0.0940 e. The van der Waals surface area contributed by atoms with Crippen LogP contribution in [0.25, 0.3) is 10.4 Å². The molecule has 0 amide bonds. The van der Waals surface area contributed by atoms with E-state index in [-0.39, 0.29) is 0 Å². The zero-order valence-corrected chi connectivity index (χ0v) is 7.67. The quantitative estimate of drug-likeness (QED) is 0.258. The van der Waals surface area contributed by atoms with Crippen LogP contribution in [0, 0.1) is 5.41 Å². The molecule has 0 saturated carbocycles. The average Bonchev–Trinajstić information content (AvgIpc) is 1.85. The van der Waals surface area contributed by atoms with Crippen molar-refractivity contribution in [2.45, 2.75) is 40.0 Å². The van der Waals surface area contributed by atoms with Gasteiger partial charge in [-0.1, -0.05) is 32.3 Å². The van der Waals surface area contributed by atoms with Crippen molar-refractivity contribution in [3.05, 3.63) is 10.4 Å². The Morgan fingerprint density at radius 1 is 1.27 bits per heavy atom. The van der Waals surface area contributed by atoms with Crippen LogP contribution in [0.2, 0.25) is 0 Å². The topological polar surface area (TPSA) is 48.8 Å². The fourth-order valence-corrected chi connectivity index (χ4v) is 0.883. The molecule has 0 aromatic rings. The van der Waals surface area contributed by atoms with Gasteiger partial charge >= 0.3 is 0 Å². The molecule has 3 heteroatoms. The van der Waals surface area contributed by atoms with E-state index in [1.807, 2.05) is 0 Å². The molecule has 11 heavy (non-hydrogen) atoms. The molecule has 0 aromatic heterocycles. The molecular weight excluding hydrogens is 138 g/mol. The van der Waals surface area contributed by atoms with Gasteiger partial charge in [0.2, 0.25) is 0 Å². The van der Waals surface area contributed by atoms with Crippen LogP contribution in [0.4, 0.5) is 0 Å². The Morgan fingerprint density at radius 3 is 2.36 bits per heavy atom. The fraction of sp³-hybridized carbons (Fsp3) is 1.00. The number of unbranched alkanes of at least 4 members (excludes halogenated alkanes) is 1. The highest BCUT2D eigenvalue weighted by Crippen LogP contribution is 2.21. The third-order valence-corrected chi connectivity index (χ3v) is 1.50. The SMILES string of the molecule is CC(C)(C)CCCCN=[N+]=[N-]. The molecule has 0 atom stereocenters. The number of hydrogen-bond acceptors (Lipinski definition) is 1. The molecule has 0 unspecified atom stereocenters. The highest BCUT2D eigenvalue weighted by molar-refractivity contribution is 4.61. The Labute approximate surface area is 68.4 Å². The van der Waals surface area contributed by atoms with Crippen molar-refractivity contribution in [2.24, 2.45) is 10.5 Å². The monoisotopic (exact) mass is 155 g/mol. The molecule has 0 radical (unpaired) electrons. The van der Waals surface area contributed by atoms with Crippen LogP contribution >= 0.6 is 0 Å². The predicted octanol–water partition coefficient (Wildman–Crippen LogP) is 3.51. The van der Waals surface area contributed by atoms with Crippen molar-refractivity contribution < 1.29 is 0 Å². The third-order valence-electron chi connectivity index (χ3n) is 1.50. The van der Waals surface area contributed by atoms with Crippen molar-refractivity contribution >= 4 is 0 Å². The molecule has 0 rings (SSSR count). The predicted molar refractivity (Wildman–Crippen MR) is 47.3 cm³/mol. The second kappa shape index (κ2) is 5.03. The zero-order valence-electron chi connectivity index (χ0n) is 7.67. The second-order valence-corrected chi connectivity index (χ2v) is 3.97. The van der Waals surface area contributed by atoms with E-state index in [0.29, 0.717) is 12.0 Å². The van der Waals surface area contributed by atoms with Crippen molar-refractivity contribution in [3.8, 4) is 0 Å². The number of rotatable bonds is 4. The molecule has 0 aliphatic carbocycles. The minimum absolute atomic E-state index is 0.413. The smallest absolute Gasteiger partial charge is 0.0257 e. The highest BCUT2D eigenvalue weighted by atomic mass is 15.1. The fourth-order valence-electron chi connectivity index (χ4n) is 0.883. The molecule has 0 aliphatic heterocycles. The Bertz CT molecular complexity index is 140. The van der Waals surface area contributed by atoms with Crippen LogP contribution in [-0.2, 0) is 0 Å². The first-order valence-electron chi connectivity index (χ1n) is 4.07. The molecule has 0 saturated heterocycles. The van der Waals surface area contributed by atoms with E-state index in [0.717, 1.165) is 12.8 Å². The van der Waals surface area contributed by atoms with Gasteiger partial charge in [0.25, 0.3) is 0 Å². The van der Waals surface area contributed by atoms with Crippen LogP contribution in [-0.4, -0.2) is 6.54 Å². The minimum atomic E-state index is 0.413. The molecular formula is C8H17N3. The van der Waals surface area contributed by atoms with Crippen LogP contribution in [0.5, 0.6) is 0 Å². The number of nitrogens with zero attached hydrogens (tertiary/aromatic N) is 3. The zero-order chi connectivity index (χ0) is 8.74. The lowest BCUT2D eigenvalue weighted by atomic mass is 9.90. The van der Waals surface area contributed by atoms with Crippen LogP contribution in [0.3, 0.4) is 0 Å². The second-order valence-electron chi connectivity index (χ2n) is 3.97.